The SMILES string of the molecule is COCCNCC(=O)NCC1(c2ccc(Br)cc2)CCOCC1. The summed E-state index contributed by atoms with van der Waals surface area (Å²) in [7, 11) is 1.65. The Hall–Kier alpha value is -0.950. The molecule has 1 saturated heterocycles. The Morgan fingerprint density at radius 1 is 1.30 bits per heavy atom. The lowest BCUT2D eigenvalue weighted by Crippen LogP contribution is -2.46. The van der Waals surface area contributed by atoms with Gasteiger partial charge in [-0.3, -0.25) is 4.79 Å². The molecular weight excluding hydrogens is 360 g/mol. The van der Waals surface area contributed by atoms with Gasteiger partial charge in [0, 0.05) is 43.3 Å². The van der Waals surface area contributed by atoms with Crippen molar-refractivity contribution in [3.05, 3.63) is 34.3 Å². The molecule has 0 aliphatic carbocycles. The third kappa shape index (κ3) is 5.57. The van der Waals surface area contributed by atoms with Gasteiger partial charge in [-0.25, -0.2) is 0 Å². The number of carbonyl (C=O) groups excluding carboxylic acids is 1. The lowest BCUT2D eigenvalue weighted by Gasteiger charge is -2.38. The van der Waals surface area contributed by atoms with E-state index in [1.165, 1.54) is 5.56 Å². The van der Waals surface area contributed by atoms with Gasteiger partial charge in [-0.2, -0.15) is 0 Å². The first-order valence-corrected chi connectivity index (χ1v) is 8.76. The number of nitrogens with one attached hydrogen (secondary N) is 2. The van der Waals surface area contributed by atoms with Crippen molar-refractivity contribution in [2.75, 3.05) is 46.6 Å². The molecule has 0 aromatic heterocycles. The molecule has 1 amide bonds. The summed E-state index contributed by atoms with van der Waals surface area (Å²) in [4.78, 5) is 12.0. The Morgan fingerprint density at radius 3 is 2.65 bits per heavy atom. The van der Waals surface area contributed by atoms with Crippen molar-refractivity contribution in [2.45, 2.75) is 18.3 Å². The number of rotatable bonds is 8. The lowest BCUT2D eigenvalue weighted by molar-refractivity contribution is -0.120. The number of hydrogen-bond acceptors (Lipinski definition) is 4. The van der Waals surface area contributed by atoms with Crippen molar-refractivity contribution in [1.29, 1.82) is 0 Å². The van der Waals surface area contributed by atoms with Crippen LogP contribution in [-0.4, -0.2) is 52.5 Å². The second-order valence-corrected chi connectivity index (χ2v) is 6.76. The van der Waals surface area contributed by atoms with Crippen LogP contribution in [0.4, 0.5) is 0 Å². The summed E-state index contributed by atoms with van der Waals surface area (Å²) in [5.41, 5.74) is 1.22. The molecule has 2 N–H and O–H groups in total. The standard InChI is InChI=1S/C17H25BrN2O3/c1-22-11-8-19-12-16(21)20-13-17(6-9-23-10-7-17)14-2-4-15(18)5-3-14/h2-5,19H,6-13H2,1H3,(H,20,21). The van der Waals surface area contributed by atoms with Gasteiger partial charge < -0.3 is 20.1 Å². The van der Waals surface area contributed by atoms with Gasteiger partial charge in [-0.15, -0.1) is 0 Å². The molecule has 128 valence electrons. The van der Waals surface area contributed by atoms with E-state index in [-0.39, 0.29) is 11.3 Å². The summed E-state index contributed by atoms with van der Waals surface area (Å²) < 4.78 is 11.5. The summed E-state index contributed by atoms with van der Waals surface area (Å²) in [5, 5.41) is 6.14. The smallest absolute Gasteiger partial charge is 0.233 e. The molecule has 0 bridgehead atoms. The molecule has 0 radical (unpaired) electrons. The number of carbonyl (C=O) groups is 1. The van der Waals surface area contributed by atoms with Crippen LogP contribution in [0.1, 0.15) is 18.4 Å². The Bertz CT molecular complexity index is 487. The van der Waals surface area contributed by atoms with Crippen LogP contribution in [0.15, 0.2) is 28.7 Å². The van der Waals surface area contributed by atoms with Crippen LogP contribution in [-0.2, 0) is 19.7 Å². The topological polar surface area (TPSA) is 59.6 Å². The molecule has 1 aliphatic rings. The normalized spacial score (nSPS) is 17.0. The van der Waals surface area contributed by atoms with Crippen molar-refractivity contribution in [1.82, 2.24) is 10.6 Å². The molecular formula is C17H25BrN2O3. The van der Waals surface area contributed by atoms with Gasteiger partial charge in [0.25, 0.3) is 0 Å². The van der Waals surface area contributed by atoms with E-state index in [1.54, 1.807) is 7.11 Å². The highest BCUT2D eigenvalue weighted by atomic mass is 79.9. The summed E-state index contributed by atoms with van der Waals surface area (Å²) in [6.07, 6.45) is 1.85. The van der Waals surface area contributed by atoms with Gasteiger partial charge in [0.15, 0.2) is 0 Å². The van der Waals surface area contributed by atoms with Crippen LogP contribution in [0.3, 0.4) is 0 Å². The molecule has 1 aromatic rings. The third-order valence-corrected chi connectivity index (χ3v) is 4.83. The Balaban J connectivity index is 1.93. The minimum absolute atomic E-state index is 0.0177. The molecule has 5 nitrogen and oxygen atoms in total. The number of ether oxygens (including phenoxy) is 2. The van der Waals surface area contributed by atoms with Gasteiger partial charge in [0.2, 0.25) is 5.91 Å². The van der Waals surface area contributed by atoms with E-state index < -0.39 is 0 Å². The second-order valence-electron chi connectivity index (χ2n) is 5.85. The monoisotopic (exact) mass is 384 g/mol. The maximum Gasteiger partial charge on any atom is 0.233 e. The van der Waals surface area contributed by atoms with E-state index in [0.29, 0.717) is 26.2 Å². The van der Waals surface area contributed by atoms with E-state index >= 15 is 0 Å². The fourth-order valence-corrected chi connectivity index (χ4v) is 3.10. The zero-order chi connectivity index (χ0) is 16.5. The molecule has 23 heavy (non-hydrogen) atoms. The van der Waals surface area contributed by atoms with Gasteiger partial charge in [0.05, 0.1) is 13.2 Å². The predicted molar refractivity (Wildman–Crippen MR) is 93.6 cm³/mol. The summed E-state index contributed by atoms with van der Waals surface area (Å²) >= 11 is 3.48. The van der Waals surface area contributed by atoms with Gasteiger partial charge in [-0.1, -0.05) is 28.1 Å². The van der Waals surface area contributed by atoms with E-state index in [9.17, 15) is 4.79 Å². The number of methoxy groups -OCH3 is 1. The molecule has 0 spiro atoms. The summed E-state index contributed by atoms with van der Waals surface area (Å²) in [6, 6.07) is 8.39. The fourth-order valence-electron chi connectivity index (χ4n) is 2.84. The zero-order valence-corrected chi connectivity index (χ0v) is 15.2. The molecule has 2 rings (SSSR count). The largest absolute Gasteiger partial charge is 0.383 e. The average Bonchev–Trinajstić information content (AvgIpc) is 2.58. The zero-order valence-electron chi connectivity index (χ0n) is 13.6. The molecule has 0 saturated carbocycles. The number of hydrogen-bond donors (Lipinski definition) is 2. The van der Waals surface area contributed by atoms with Crippen LogP contribution < -0.4 is 10.6 Å². The highest BCUT2D eigenvalue weighted by molar-refractivity contribution is 9.10. The first-order valence-electron chi connectivity index (χ1n) is 7.96. The van der Waals surface area contributed by atoms with Crippen molar-refractivity contribution >= 4 is 21.8 Å². The molecule has 6 heteroatoms. The molecule has 1 aliphatic heterocycles. The summed E-state index contributed by atoms with van der Waals surface area (Å²) in [5.74, 6) is 0.0177. The van der Waals surface area contributed by atoms with Crippen molar-refractivity contribution in [3.8, 4) is 0 Å². The highest BCUT2D eigenvalue weighted by Crippen LogP contribution is 2.34. The van der Waals surface area contributed by atoms with Gasteiger partial charge in [-0.05, 0) is 30.5 Å². The second kappa shape index (κ2) is 9.37. The number of halogens is 1. The van der Waals surface area contributed by atoms with Gasteiger partial charge >= 0.3 is 0 Å². The maximum absolute atomic E-state index is 12.0. The minimum Gasteiger partial charge on any atom is -0.383 e. The van der Waals surface area contributed by atoms with Crippen molar-refractivity contribution < 1.29 is 14.3 Å². The quantitative estimate of drug-likeness (QED) is 0.671. The van der Waals surface area contributed by atoms with Crippen LogP contribution in [0.25, 0.3) is 0 Å². The van der Waals surface area contributed by atoms with Crippen molar-refractivity contribution in [2.24, 2.45) is 0 Å². The number of benzene rings is 1. The molecule has 1 fully saturated rings. The van der Waals surface area contributed by atoms with E-state index in [4.69, 9.17) is 9.47 Å². The molecule has 0 atom stereocenters. The first-order chi connectivity index (χ1) is 11.2. The van der Waals surface area contributed by atoms with E-state index in [2.05, 4.69) is 50.8 Å². The Morgan fingerprint density at radius 2 is 2.00 bits per heavy atom. The number of amides is 1. The third-order valence-electron chi connectivity index (χ3n) is 4.30. The van der Waals surface area contributed by atoms with E-state index in [1.807, 2.05) is 0 Å². The summed E-state index contributed by atoms with van der Waals surface area (Å²) in [6.45, 7) is 3.71. The van der Waals surface area contributed by atoms with Crippen LogP contribution in [0.5, 0.6) is 0 Å². The van der Waals surface area contributed by atoms with Crippen molar-refractivity contribution in [3.63, 3.8) is 0 Å². The molecule has 0 unspecified atom stereocenters. The highest BCUT2D eigenvalue weighted by Gasteiger charge is 2.34. The average molecular weight is 385 g/mol. The predicted octanol–water partition coefficient (Wildman–Crippen LogP) is 1.85. The van der Waals surface area contributed by atoms with Crippen LogP contribution in [0, 0.1) is 0 Å². The first kappa shape index (κ1) is 18.4. The maximum atomic E-state index is 12.0. The fraction of sp³-hybridized carbons (Fsp3) is 0.588. The van der Waals surface area contributed by atoms with E-state index in [0.717, 1.165) is 30.5 Å². The Kier molecular flexibility index (Phi) is 7.49. The molecule has 1 heterocycles. The Labute approximate surface area is 146 Å². The van der Waals surface area contributed by atoms with Crippen LogP contribution in [0.2, 0.25) is 0 Å². The van der Waals surface area contributed by atoms with Crippen LogP contribution >= 0.6 is 15.9 Å². The molecule has 1 aromatic carbocycles. The lowest BCUT2D eigenvalue weighted by atomic mass is 9.74. The van der Waals surface area contributed by atoms with Gasteiger partial charge in [0.1, 0.15) is 0 Å². The minimum atomic E-state index is -0.0405.